The summed E-state index contributed by atoms with van der Waals surface area (Å²) < 4.78 is 17.6. The molecular weight excluding hydrogens is 294 g/mol. The molecule has 4 atom stereocenters. The van der Waals surface area contributed by atoms with Crippen molar-refractivity contribution in [1.29, 1.82) is 0 Å². The van der Waals surface area contributed by atoms with E-state index in [9.17, 15) is 4.79 Å². The highest BCUT2D eigenvalue weighted by atomic mass is 16.6. The smallest absolute Gasteiger partial charge is 0.323 e. The van der Waals surface area contributed by atoms with Crippen molar-refractivity contribution < 1.29 is 19.0 Å². The van der Waals surface area contributed by atoms with Crippen LogP contribution >= 0.6 is 0 Å². The minimum absolute atomic E-state index is 0.122. The molecule has 0 amide bonds. The molecule has 0 aromatic heterocycles. The maximum atomic E-state index is 12.0. The maximum Gasteiger partial charge on any atom is 0.323 e. The molecule has 0 radical (unpaired) electrons. The van der Waals surface area contributed by atoms with Crippen LogP contribution in [0, 0.1) is 0 Å². The summed E-state index contributed by atoms with van der Waals surface area (Å²) in [5, 5.41) is 0. The molecule has 5 heteroatoms. The largest absolute Gasteiger partial charge is 0.484 e. The quantitative estimate of drug-likeness (QED) is 0.844. The SMILES string of the molecule is CCCO[C@H]1CCC[C@H](N)C(=O)O[C@@H](C)[C@@H]1Oc1ccccc1. The standard InChI is InChI=1S/C18H27NO4/c1-3-12-21-16-11-7-10-15(19)18(20)22-13(2)17(16)23-14-8-5-4-6-9-14/h4-6,8-9,13,15-17H,3,7,10-12,19H2,1-2H3/t13-,15-,16-,17-/m0/s1. The fraction of sp³-hybridized carbons (Fsp3) is 0.611. The Balaban J connectivity index is 2.18. The van der Waals surface area contributed by atoms with Crippen molar-refractivity contribution in [2.24, 2.45) is 5.73 Å². The molecule has 0 bridgehead atoms. The van der Waals surface area contributed by atoms with Gasteiger partial charge in [-0.25, -0.2) is 0 Å². The second-order valence-electron chi connectivity index (χ2n) is 5.98. The summed E-state index contributed by atoms with van der Waals surface area (Å²) in [6.07, 6.45) is 2.26. The van der Waals surface area contributed by atoms with Crippen molar-refractivity contribution in [1.82, 2.24) is 0 Å². The summed E-state index contributed by atoms with van der Waals surface area (Å²) in [5.74, 6) is 0.379. The van der Waals surface area contributed by atoms with Gasteiger partial charge in [0.1, 0.15) is 17.9 Å². The zero-order chi connectivity index (χ0) is 16.7. The number of hydrogen-bond acceptors (Lipinski definition) is 5. The van der Waals surface area contributed by atoms with E-state index < -0.39 is 12.1 Å². The minimum atomic E-state index is -0.570. The monoisotopic (exact) mass is 321 g/mol. The number of para-hydroxylation sites is 1. The first kappa shape index (κ1) is 17.8. The van der Waals surface area contributed by atoms with Crippen LogP contribution in [0.2, 0.25) is 0 Å². The average molecular weight is 321 g/mol. The normalized spacial score (nSPS) is 29.1. The van der Waals surface area contributed by atoms with Gasteiger partial charge in [0.05, 0.1) is 6.10 Å². The highest BCUT2D eigenvalue weighted by molar-refractivity contribution is 5.75. The van der Waals surface area contributed by atoms with E-state index in [0.29, 0.717) is 13.0 Å². The number of carbonyl (C=O) groups excluding carboxylic acids is 1. The number of benzene rings is 1. The molecule has 2 rings (SSSR count). The summed E-state index contributed by atoms with van der Waals surface area (Å²) >= 11 is 0. The average Bonchev–Trinajstić information content (AvgIpc) is 2.60. The number of carbonyl (C=O) groups is 1. The van der Waals surface area contributed by atoms with Crippen molar-refractivity contribution in [3.05, 3.63) is 30.3 Å². The molecule has 5 nitrogen and oxygen atoms in total. The molecule has 23 heavy (non-hydrogen) atoms. The molecular formula is C18H27NO4. The van der Waals surface area contributed by atoms with Crippen LogP contribution in [0.4, 0.5) is 0 Å². The van der Waals surface area contributed by atoms with Gasteiger partial charge in [-0.15, -0.1) is 0 Å². The number of hydrogen-bond donors (Lipinski definition) is 1. The first-order valence-electron chi connectivity index (χ1n) is 8.41. The molecule has 1 aromatic carbocycles. The van der Waals surface area contributed by atoms with Gasteiger partial charge in [-0.3, -0.25) is 4.79 Å². The van der Waals surface area contributed by atoms with E-state index in [1.54, 1.807) is 0 Å². The molecule has 0 saturated carbocycles. The summed E-state index contributed by atoms with van der Waals surface area (Å²) in [4.78, 5) is 12.0. The fourth-order valence-corrected chi connectivity index (χ4v) is 2.74. The molecule has 128 valence electrons. The zero-order valence-electron chi connectivity index (χ0n) is 13.9. The Labute approximate surface area is 138 Å². The van der Waals surface area contributed by atoms with Crippen LogP contribution in [0.3, 0.4) is 0 Å². The van der Waals surface area contributed by atoms with Crippen molar-refractivity contribution in [3.8, 4) is 5.75 Å². The third-order valence-electron chi connectivity index (χ3n) is 3.99. The Morgan fingerprint density at radius 1 is 1.26 bits per heavy atom. The van der Waals surface area contributed by atoms with Crippen LogP contribution in [0.5, 0.6) is 5.75 Å². The molecule has 1 saturated heterocycles. The second kappa shape index (κ2) is 8.89. The van der Waals surface area contributed by atoms with Gasteiger partial charge in [0.25, 0.3) is 0 Å². The lowest BCUT2D eigenvalue weighted by Gasteiger charge is -2.31. The Hall–Kier alpha value is -1.59. The lowest BCUT2D eigenvalue weighted by molar-refractivity contribution is -0.158. The maximum absolute atomic E-state index is 12.0. The van der Waals surface area contributed by atoms with Crippen LogP contribution in [0.25, 0.3) is 0 Å². The van der Waals surface area contributed by atoms with Gasteiger partial charge in [-0.2, -0.15) is 0 Å². The van der Waals surface area contributed by atoms with Gasteiger partial charge in [-0.05, 0) is 44.7 Å². The highest BCUT2D eigenvalue weighted by Crippen LogP contribution is 2.23. The van der Waals surface area contributed by atoms with Gasteiger partial charge in [-0.1, -0.05) is 25.1 Å². The first-order valence-corrected chi connectivity index (χ1v) is 8.41. The summed E-state index contributed by atoms with van der Waals surface area (Å²) in [6, 6.07) is 8.98. The highest BCUT2D eigenvalue weighted by Gasteiger charge is 2.34. The van der Waals surface area contributed by atoms with Gasteiger partial charge < -0.3 is 19.9 Å². The van der Waals surface area contributed by atoms with Crippen molar-refractivity contribution in [3.63, 3.8) is 0 Å². The summed E-state index contributed by atoms with van der Waals surface area (Å²) in [5.41, 5.74) is 5.87. The van der Waals surface area contributed by atoms with Gasteiger partial charge >= 0.3 is 5.97 Å². The third-order valence-corrected chi connectivity index (χ3v) is 3.99. The molecule has 0 aliphatic carbocycles. The number of rotatable bonds is 5. The van der Waals surface area contributed by atoms with Crippen LogP contribution in [-0.2, 0) is 14.3 Å². The van der Waals surface area contributed by atoms with Gasteiger partial charge in [0, 0.05) is 6.61 Å². The Morgan fingerprint density at radius 2 is 2.00 bits per heavy atom. The predicted octanol–water partition coefficient (Wildman–Crippen LogP) is 2.67. The van der Waals surface area contributed by atoms with Crippen LogP contribution in [0.15, 0.2) is 30.3 Å². The lowest BCUT2D eigenvalue weighted by atomic mass is 10.0. The molecule has 0 spiro atoms. The molecule has 1 aliphatic heterocycles. The van der Waals surface area contributed by atoms with E-state index in [1.165, 1.54) is 0 Å². The van der Waals surface area contributed by atoms with E-state index in [0.717, 1.165) is 25.0 Å². The van der Waals surface area contributed by atoms with Gasteiger partial charge in [0.2, 0.25) is 0 Å². The Morgan fingerprint density at radius 3 is 2.70 bits per heavy atom. The summed E-state index contributed by atoms with van der Waals surface area (Å²) in [6.45, 7) is 4.57. The van der Waals surface area contributed by atoms with E-state index in [1.807, 2.05) is 37.3 Å². The van der Waals surface area contributed by atoms with Crippen LogP contribution < -0.4 is 10.5 Å². The molecule has 1 heterocycles. The van der Waals surface area contributed by atoms with Crippen molar-refractivity contribution in [2.45, 2.75) is 63.9 Å². The second-order valence-corrected chi connectivity index (χ2v) is 5.98. The summed E-state index contributed by atoms with van der Waals surface area (Å²) in [7, 11) is 0. The zero-order valence-corrected chi connectivity index (χ0v) is 13.9. The minimum Gasteiger partial charge on any atom is -0.484 e. The Bertz CT molecular complexity index is 479. The number of cyclic esters (lactones) is 1. The van der Waals surface area contributed by atoms with Crippen LogP contribution in [0.1, 0.15) is 39.5 Å². The van der Waals surface area contributed by atoms with E-state index >= 15 is 0 Å². The number of esters is 1. The van der Waals surface area contributed by atoms with Crippen LogP contribution in [-0.4, -0.2) is 36.9 Å². The first-order chi connectivity index (χ1) is 11.1. The fourth-order valence-electron chi connectivity index (χ4n) is 2.74. The third kappa shape index (κ3) is 5.22. The molecule has 0 unspecified atom stereocenters. The predicted molar refractivity (Wildman–Crippen MR) is 88.3 cm³/mol. The molecule has 1 aliphatic rings. The van der Waals surface area contributed by atoms with Gasteiger partial charge in [0.15, 0.2) is 6.10 Å². The Kier molecular flexibility index (Phi) is 6.86. The molecule has 1 aromatic rings. The molecule has 1 fully saturated rings. The molecule has 2 N–H and O–H groups in total. The number of ether oxygens (including phenoxy) is 3. The topological polar surface area (TPSA) is 70.8 Å². The van der Waals surface area contributed by atoms with E-state index in [4.69, 9.17) is 19.9 Å². The lowest BCUT2D eigenvalue weighted by Crippen LogP contribution is -2.45. The van der Waals surface area contributed by atoms with E-state index in [2.05, 4.69) is 6.92 Å². The van der Waals surface area contributed by atoms with Crippen molar-refractivity contribution in [2.75, 3.05) is 6.61 Å². The van der Waals surface area contributed by atoms with E-state index in [-0.39, 0.29) is 18.2 Å². The van der Waals surface area contributed by atoms with Crippen molar-refractivity contribution >= 4 is 5.97 Å². The number of nitrogens with two attached hydrogens (primary N) is 1.